The van der Waals surface area contributed by atoms with Crippen LogP contribution in [0.1, 0.15) is 66.4 Å². The maximum Gasteiger partial charge on any atom is 0.274 e. The number of nitrogens with one attached hydrogen (secondary N) is 1. The highest BCUT2D eigenvalue weighted by Gasteiger charge is 2.46. The van der Waals surface area contributed by atoms with Crippen LogP contribution >= 0.6 is 0 Å². The third-order valence-corrected chi connectivity index (χ3v) is 5.35. The lowest BCUT2D eigenvalue weighted by Gasteiger charge is -2.16. The zero-order valence-electron chi connectivity index (χ0n) is 14.9. The van der Waals surface area contributed by atoms with Crippen LogP contribution in [0, 0.1) is 18.8 Å². The fourth-order valence-electron chi connectivity index (χ4n) is 3.77. The molecule has 1 amide bonds. The molecule has 1 N–H and O–H groups in total. The van der Waals surface area contributed by atoms with E-state index in [4.69, 9.17) is 4.98 Å². The Labute approximate surface area is 147 Å². The van der Waals surface area contributed by atoms with Gasteiger partial charge in [-0.1, -0.05) is 13.8 Å². The van der Waals surface area contributed by atoms with Crippen molar-refractivity contribution in [2.24, 2.45) is 11.8 Å². The number of rotatable bonds is 4. The number of aromatic amines is 1. The van der Waals surface area contributed by atoms with Gasteiger partial charge in [-0.2, -0.15) is 5.10 Å². The summed E-state index contributed by atoms with van der Waals surface area (Å²) in [5, 5.41) is 7.48. The Balaban J connectivity index is 1.58. The molecule has 25 heavy (non-hydrogen) atoms. The second kappa shape index (κ2) is 6.20. The van der Waals surface area contributed by atoms with Gasteiger partial charge in [-0.15, -0.1) is 0 Å². The number of aryl methyl sites for hydroxylation is 1. The summed E-state index contributed by atoms with van der Waals surface area (Å²) in [4.78, 5) is 28.0. The lowest BCUT2D eigenvalue weighted by atomic mass is 9.91. The van der Waals surface area contributed by atoms with E-state index in [2.05, 4.69) is 34.0 Å². The van der Waals surface area contributed by atoms with Gasteiger partial charge in [0.1, 0.15) is 11.5 Å². The molecule has 0 unspecified atom stereocenters. The van der Waals surface area contributed by atoms with Crippen molar-refractivity contribution in [2.45, 2.75) is 45.4 Å². The van der Waals surface area contributed by atoms with Crippen LogP contribution in [0.15, 0.2) is 12.4 Å². The first-order valence-electron chi connectivity index (χ1n) is 9.03. The summed E-state index contributed by atoms with van der Waals surface area (Å²) in [6, 6.07) is 0. The summed E-state index contributed by atoms with van der Waals surface area (Å²) < 4.78 is 0. The molecule has 2 aromatic rings. The van der Waals surface area contributed by atoms with E-state index in [9.17, 15) is 4.79 Å². The van der Waals surface area contributed by atoms with Crippen LogP contribution in [-0.4, -0.2) is 49.0 Å². The Hall–Kier alpha value is -2.31. The lowest BCUT2D eigenvalue weighted by molar-refractivity contribution is 0.0777. The van der Waals surface area contributed by atoms with Crippen molar-refractivity contribution in [1.82, 2.24) is 30.0 Å². The molecule has 1 saturated carbocycles. The van der Waals surface area contributed by atoms with E-state index >= 15 is 0 Å². The first-order valence-corrected chi connectivity index (χ1v) is 9.03. The molecule has 4 rings (SSSR count). The van der Waals surface area contributed by atoms with Crippen LogP contribution < -0.4 is 0 Å². The molecule has 2 atom stereocenters. The molecule has 0 radical (unpaired) electrons. The Bertz CT molecular complexity index is 781. The molecule has 0 bridgehead atoms. The van der Waals surface area contributed by atoms with E-state index in [-0.39, 0.29) is 11.8 Å². The summed E-state index contributed by atoms with van der Waals surface area (Å²) in [6.45, 7) is 7.45. The van der Waals surface area contributed by atoms with Gasteiger partial charge in [0.2, 0.25) is 0 Å². The number of hydrogen-bond acceptors (Lipinski definition) is 5. The van der Waals surface area contributed by atoms with Crippen molar-refractivity contribution in [1.29, 1.82) is 0 Å². The molecule has 2 fully saturated rings. The normalized spacial score (nSPS) is 23.4. The van der Waals surface area contributed by atoms with E-state index < -0.39 is 0 Å². The highest BCUT2D eigenvalue weighted by molar-refractivity contribution is 5.93. The minimum atomic E-state index is -0.0256. The van der Waals surface area contributed by atoms with Crippen molar-refractivity contribution in [3.05, 3.63) is 35.4 Å². The van der Waals surface area contributed by atoms with Crippen LogP contribution in [0.25, 0.3) is 0 Å². The van der Waals surface area contributed by atoms with Crippen molar-refractivity contribution in [3.8, 4) is 0 Å². The van der Waals surface area contributed by atoms with Gasteiger partial charge < -0.3 is 4.90 Å². The van der Waals surface area contributed by atoms with Crippen LogP contribution in [0.5, 0.6) is 0 Å². The average molecular weight is 340 g/mol. The molecule has 1 aliphatic heterocycles. The average Bonchev–Trinajstić information content (AvgIpc) is 3.15. The number of nitrogens with zero attached hydrogens (tertiary/aromatic N) is 5. The summed E-state index contributed by atoms with van der Waals surface area (Å²) in [6.07, 6.45) is 5.70. The second-order valence-corrected chi connectivity index (χ2v) is 7.54. The Kier molecular flexibility index (Phi) is 4.01. The molecule has 0 aromatic carbocycles. The predicted octanol–water partition coefficient (Wildman–Crippen LogP) is 2.29. The third kappa shape index (κ3) is 3.03. The van der Waals surface area contributed by atoms with Gasteiger partial charge in [0.15, 0.2) is 5.82 Å². The SMILES string of the molecule is Cc1nccnc1C(=O)N1C[C@H](c2nc(C(C)C)n[nH]2)[C@@H](C2CC2)C1. The number of aromatic nitrogens is 5. The minimum absolute atomic E-state index is 0.0256. The summed E-state index contributed by atoms with van der Waals surface area (Å²) in [5.74, 6) is 3.42. The maximum atomic E-state index is 12.9. The summed E-state index contributed by atoms with van der Waals surface area (Å²) in [5.41, 5.74) is 1.14. The number of likely N-dealkylation sites (tertiary alicyclic amines) is 1. The molecule has 1 aliphatic carbocycles. The molecule has 7 nitrogen and oxygen atoms in total. The molecule has 1 saturated heterocycles. The standard InChI is InChI=1S/C18H24N6O/c1-10(2)16-21-17(23-22-16)14-9-24(8-13(14)12-4-5-12)18(25)15-11(3)19-6-7-20-15/h6-7,10,12-14H,4-5,8-9H2,1-3H3,(H,21,22,23)/t13-,14+/m1/s1. The van der Waals surface area contributed by atoms with Gasteiger partial charge in [-0.3, -0.25) is 14.9 Å². The Morgan fingerprint density at radius 3 is 2.64 bits per heavy atom. The van der Waals surface area contributed by atoms with Gasteiger partial charge in [-0.25, -0.2) is 9.97 Å². The van der Waals surface area contributed by atoms with E-state index in [0.717, 1.165) is 18.2 Å². The maximum absolute atomic E-state index is 12.9. The van der Waals surface area contributed by atoms with Gasteiger partial charge in [0, 0.05) is 37.3 Å². The molecular weight excluding hydrogens is 316 g/mol. The predicted molar refractivity (Wildman–Crippen MR) is 92.1 cm³/mol. The molecule has 0 spiro atoms. The lowest BCUT2D eigenvalue weighted by Crippen LogP contribution is -2.30. The Morgan fingerprint density at radius 2 is 2.00 bits per heavy atom. The zero-order valence-corrected chi connectivity index (χ0v) is 14.9. The minimum Gasteiger partial charge on any atom is -0.336 e. The van der Waals surface area contributed by atoms with E-state index in [1.165, 1.54) is 12.8 Å². The van der Waals surface area contributed by atoms with E-state index in [0.29, 0.717) is 35.7 Å². The van der Waals surface area contributed by atoms with Gasteiger partial charge in [-0.05, 0) is 31.6 Å². The second-order valence-electron chi connectivity index (χ2n) is 7.54. The van der Waals surface area contributed by atoms with Crippen LogP contribution in [0.3, 0.4) is 0 Å². The number of hydrogen-bond donors (Lipinski definition) is 1. The van der Waals surface area contributed by atoms with Crippen LogP contribution in [0.4, 0.5) is 0 Å². The van der Waals surface area contributed by atoms with Crippen molar-refractivity contribution >= 4 is 5.91 Å². The molecule has 7 heteroatoms. The topological polar surface area (TPSA) is 87.7 Å². The van der Waals surface area contributed by atoms with Gasteiger partial charge >= 0.3 is 0 Å². The van der Waals surface area contributed by atoms with E-state index in [1.54, 1.807) is 12.4 Å². The molecule has 2 aliphatic rings. The molecule has 3 heterocycles. The summed E-state index contributed by atoms with van der Waals surface area (Å²) >= 11 is 0. The monoisotopic (exact) mass is 340 g/mol. The van der Waals surface area contributed by atoms with Crippen LogP contribution in [0.2, 0.25) is 0 Å². The number of H-pyrrole nitrogens is 1. The smallest absolute Gasteiger partial charge is 0.274 e. The van der Waals surface area contributed by atoms with Gasteiger partial charge in [0.05, 0.1) is 5.69 Å². The third-order valence-electron chi connectivity index (χ3n) is 5.35. The van der Waals surface area contributed by atoms with Crippen molar-refractivity contribution in [2.75, 3.05) is 13.1 Å². The number of amides is 1. The number of carbonyl (C=O) groups excluding carboxylic acids is 1. The Morgan fingerprint density at radius 1 is 1.24 bits per heavy atom. The highest BCUT2D eigenvalue weighted by Crippen LogP contribution is 2.47. The van der Waals surface area contributed by atoms with Crippen molar-refractivity contribution in [3.63, 3.8) is 0 Å². The van der Waals surface area contributed by atoms with Crippen molar-refractivity contribution < 1.29 is 4.79 Å². The first-order chi connectivity index (χ1) is 12.0. The fraction of sp³-hybridized carbons (Fsp3) is 0.611. The number of carbonyl (C=O) groups is 1. The van der Waals surface area contributed by atoms with E-state index in [1.807, 2.05) is 11.8 Å². The largest absolute Gasteiger partial charge is 0.336 e. The fourth-order valence-corrected chi connectivity index (χ4v) is 3.77. The summed E-state index contributed by atoms with van der Waals surface area (Å²) in [7, 11) is 0. The molecular formula is C18H24N6O. The molecule has 132 valence electrons. The van der Waals surface area contributed by atoms with Crippen LogP contribution in [-0.2, 0) is 0 Å². The van der Waals surface area contributed by atoms with Gasteiger partial charge in [0.25, 0.3) is 5.91 Å². The molecule has 2 aromatic heterocycles. The highest BCUT2D eigenvalue weighted by atomic mass is 16.2. The first kappa shape index (κ1) is 16.2. The zero-order chi connectivity index (χ0) is 17.6. The quantitative estimate of drug-likeness (QED) is 0.922.